The summed E-state index contributed by atoms with van der Waals surface area (Å²) in [7, 11) is 0. The largest absolute Gasteiger partial charge is 0.381 e. The Labute approximate surface area is 200 Å². The fourth-order valence-electron chi connectivity index (χ4n) is 5.67. The Morgan fingerprint density at radius 3 is 1.97 bits per heavy atom. The average molecular weight is 443 g/mol. The lowest BCUT2D eigenvalue weighted by Gasteiger charge is -2.24. The summed E-state index contributed by atoms with van der Waals surface area (Å²) in [5, 5.41) is 18.1. The van der Waals surface area contributed by atoms with Gasteiger partial charge in [-0.15, -0.1) is 0 Å². The molecule has 0 aromatic heterocycles. The van der Waals surface area contributed by atoms with Crippen LogP contribution < -0.4 is 10.6 Å². The van der Waals surface area contributed by atoms with Crippen LogP contribution in [0.3, 0.4) is 0 Å². The van der Waals surface area contributed by atoms with Crippen LogP contribution in [0.2, 0.25) is 0 Å². The molecule has 0 heterocycles. The highest BCUT2D eigenvalue weighted by molar-refractivity contribution is 6.36. The Hall–Kier alpha value is -3.78. The van der Waals surface area contributed by atoms with Gasteiger partial charge in [-0.05, 0) is 75.2 Å². The minimum absolute atomic E-state index is 0.371. The zero-order valence-electron chi connectivity index (χ0n) is 20.0. The second-order valence-corrected chi connectivity index (χ2v) is 9.95. The van der Waals surface area contributed by atoms with Gasteiger partial charge in [-0.25, -0.2) is 0 Å². The number of fused-ring (bicyclic) bond motifs is 2. The highest BCUT2D eigenvalue weighted by Gasteiger charge is 2.19. The predicted octanol–water partition coefficient (Wildman–Crippen LogP) is 9.33. The van der Waals surface area contributed by atoms with Gasteiger partial charge in [0.25, 0.3) is 0 Å². The minimum atomic E-state index is 0.371. The summed E-state index contributed by atoms with van der Waals surface area (Å²) in [4.78, 5) is 0. The van der Waals surface area contributed by atoms with Gasteiger partial charge in [0.05, 0.1) is 11.4 Å². The van der Waals surface area contributed by atoms with E-state index >= 15 is 0 Å². The van der Waals surface area contributed by atoms with E-state index in [0.717, 1.165) is 23.5 Å². The zero-order chi connectivity index (χ0) is 23.2. The normalized spacial score (nSPS) is 12.8. The fraction of sp³-hybridized carbons (Fsp3) is 0.188. The summed E-state index contributed by atoms with van der Waals surface area (Å²) in [6.45, 7) is 6.86. The van der Waals surface area contributed by atoms with Crippen molar-refractivity contribution < 1.29 is 0 Å². The van der Waals surface area contributed by atoms with Crippen LogP contribution in [0, 0.1) is 5.92 Å². The van der Waals surface area contributed by atoms with Crippen molar-refractivity contribution in [3.05, 3.63) is 91.0 Å². The van der Waals surface area contributed by atoms with Crippen LogP contribution in [0.25, 0.3) is 43.1 Å². The first-order chi connectivity index (χ1) is 16.6. The molecule has 6 aromatic carbocycles. The number of anilines is 3. The van der Waals surface area contributed by atoms with Crippen LogP contribution in [0.1, 0.15) is 27.2 Å². The van der Waals surface area contributed by atoms with Crippen molar-refractivity contribution >= 4 is 60.2 Å². The van der Waals surface area contributed by atoms with E-state index in [2.05, 4.69) is 122 Å². The van der Waals surface area contributed by atoms with Crippen molar-refractivity contribution in [3.63, 3.8) is 0 Å². The highest BCUT2D eigenvalue weighted by atomic mass is 15.0. The van der Waals surface area contributed by atoms with E-state index in [4.69, 9.17) is 0 Å². The van der Waals surface area contributed by atoms with Crippen molar-refractivity contribution in [2.75, 3.05) is 10.6 Å². The van der Waals surface area contributed by atoms with E-state index in [1.165, 1.54) is 43.1 Å². The summed E-state index contributed by atoms with van der Waals surface area (Å²) < 4.78 is 0. The van der Waals surface area contributed by atoms with Crippen LogP contribution in [0.15, 0.2) is 91.0 Å². The molecule has 2 heteroatoms. The number of para-hydroxylation sites is 1. The third-order valence-corrected chi connectivity index (χ3v) is 6.90. The molecule has 0 saturated carbocycles. The molecule has 6 rings (SSSR count). The lowest BCUT2D eigenvalue weighted by molar-refractivity contribution is 0.540. The topological polar surface area (TPSA) is 24.1 Å². The smallest absolute Gasteiger partial charge is 0.0706 e. The molecule has 6 aromatic rings. The van der Waals surface area contributed by atoms with Crippen molar-refractivity contribution in [1.82, 2.24) is 0 Å². The number of benzene rings is 6. The maximum absolute atomic E-state index is 3.87. The maximum Gasteiger partial charge on any atom is 0.0706 e. The predicted molar refractivity (Wildman–Crippen MR) is 150 cm³/mol. The number of hydrogen-bond acceptors (Lipinski definition) is 2. The lowest BCUT2D eigenvalue weighted by atomic mass is 9.88. The standard InChI is InChI=1S/C32H30N2/c1-20(2)18-21(3)33-28-19-23-12-9-16-26-25-15-7-10-22-11-8-17-27(29(22)25)31(30(23)26)32(28)34-24-13-5-4-6-14-24/h4-17,19-21,33-34H,18H2,1-3H3. The van der Waals surface area contributed by atoms with E-state index < -0.39 is 0 Å². The van der Waals surface area contributed by atoms with Gasteiger partial charge in [0.2, 0.25) is 0 Å². The van der Waals surface area contributed by atoms with E-state index in [0.29, 0.717) is 12.0 Å². The molecule has 1 unspecified atom stereocenters. The maximum atomic E-state index is 3.87. The molecule has 0 amide bonds. The molecule has 0 spiro atoms. The summed E-state index contributed by atoms with van der Waals surface area (Å²) in [5.74, 6) is 0.638. The third kappa shape index (κ3) is 3.42. The van der Waals surface area contributed by atoms with Gasteiger partial charge >= 0.3 is 0 Å². The van der Waals surface area contributed by atoms with Gasteiger partial charge in [0, 0.05) is 17.1 Å². The Morgan fingerprint density at radius 1 is 0.618 bits per heavy atom. The Morgan fingerprint density at radius 2 is 1.26 bits per heavy atom. The molecule has 2 nitrogen and oxygen atoms in total. The van der Waals surface area contributed by atoms with Crippen molar-refractivity contribution in [3.8, 4) is 0 Å². The summed E-state index contributed by atoms with van der Waals surface area (Å²) in [6.07, 6.45) is 1.12. The van der Waals surface area contributed by atoms with Crippen LogP contribution in [-0.2, 0) is 0 Å². The van der Waals surface area contributed by atoms with Gasteiger partial charge in [0.1, 0.15) is 0 Å². The van der Waals surface area contributed by atoms with Gasteiger partial charge in [-0.2, -0.15) is 0 Å². The Kier molecular flexibility index (Phi) is 5.03. The first-order valence-electron chi connectivity index (χ1n) is 12.3. The second-order valence-electron chi connectivity index (χ2n) is 9.95. The summed E-state index contributed by atoms with van der Waals surface area (Å²) in [6, 6.07) is 33.3. The van der Waals surface area contributed by atoms with Gasteiger partial charge in [-0.3, -0.25) is 0 Å². The first kappa shape index (κ1) is 20.8. The van der Waals surface area contributed by atoms with Gasteiger partial charge in [-0.1, -0.05) is 86.6 Å². The van der Waals surface area contributed by atoms with Crippen LogP contribution >= 0.6 is 0 Å². The van der Waals surface area contributed by atoms with Gasteiger partial charge in [0.15, 0.2) is 0 Å². The van der Waals surface area contributed by atoms with E-state index in [9.17, 15) is 0 Å². The molecule has 1 atom stereocenters. The molecule has 2 N–H and O–H groups in total. The molecule has 0 radical (unpaired) electrons. The SMILES string of the molecule is CC(C)CC(C)Nc1cc2cccc3c4cccc5cccc(c(c1Nc1ccccc1)c23)c54. The van der Waals surface area contributed by atoms with Crippen molar-refractivity contribution in [2.45, 2.75) is 33.2 Å². The van der Waals surface area contributed by atoms with Crippen molar-refractivity contribution in [2.24, 2.45) is 5.92 Å². The Bertz CT molecular complexity index is 1610. The zero-order valence-corrected chi connectivity index (χ0v) is 20.0. The molecule has 0 aliphatic heterocycles. The highest BCUT2D eigenvalue weighted by Crippen LogP contribution is 2.46. The van der Waals surface area contributed by atoms with E-state index in [-0.39, 0.29) is 0 Å². The molecule has 0 bridgehead atoms. The quantitative estimate of drug-likeness (QED) is 0.198. The minimum Gasteiger partial charge on any atom is -0.381 e. The average Bonchev–Trinajstić information content (AvgIpc) is 2.83. The Balaban J connectivity index is 1.73. The molecule has 0 aliphatic rings. The molecule has 0 saturated heterocycles. The molecular weight excluding hydrogens is 412 g/mol. The van der Waals surface area contributed by atoms with Crippen LogP contribution in [0.5, 0.6) is 0 Å². The first-order valence-corrected chi connectivity index (χ1v) is 12.3. The third-order valence-electron chi connectivity index (χ3n) is 6.90. The van der Waals surface area contributed by atoms with Crippen LogP contribution in [-0.4, -0.2) is 6.04 Å². The number of nitrogens with one attached hydrogen (secondary N) is 2. The second kappa shape index (κ2) is 8.22. The van der Waals surface area contributed by atoms with E-state index in [1.54, 1.807) is 0 Å². The van der Waals surface area contributed by atoms with Crippen molar-refractivity contribution in [1.29, 1.82) is 0 Å². The monoisotopic (exact) mass is 442 g/mol. The fourth-order valence-corrected chi connectivity index (χ4v) is 5.67. The van der Waals surface area contributed by atoms with Gasteiger partial charge < -0.3 is 10.6 Å². The molecule has 0 fully saturated rings. The summed E-state index contributed by atoms with van der Waals surface area (Å²) >= 11 is 0. The lowest BCUT2D eigenvalue weighted by Crippen LogP contribution is -2.18. The summed E-state index contributed by atoms with van der Waals surface area (Å²) in [5.41, 5.74) is 3.41. The number of hydrogen-bond donors (Lipinski definition) is 2. The van der Waals surface area contributed by atoms with E-state index in [1.807, 2.05) is 0 Å². The van der Waals surface area contributed by atoms with Crippen LogP contribution in [0.4, 0.5) is 17.1 Å². The number of rotatable bonds is 6. The molecule has 0 aliphatic carbocycles. The molecular formula is C32H30N2. The molecule has 168 valence electrons. The molecule has 34 heavy (non-hydrogen) atoms.